The number of benzene rings is 8. The lowest BCUT2D eigenvalue weighted by molar-refractivity contribution is 0.279. The molecule has 4 aromatic heterocycles. The Morgan fingerprint density at radius 3 is 0.764 bits per heavy atom. The summed E-state index contributed by atoms with van der Waals surface area (Å²) in [4.78, 5) is 61.4. The third-order valence-electron chi connectivity index (χ3n) is 20.4. The molecule has 8 aromatic carbocycles. The second-order valence-electron chi connectivity index (χ2n) is 30.1. The summed E-state index contributed by atoms with van der Waals surface area (Å²) in [6.07, 6.45) is 8.74. The van der Waals surface area contributed by atoms with Gasteiger partial charge >= 0.3 is 0 Å². The second kappa shape index (κ2) is 55.8. The largest absolute Gasteiger partial charge is 0.395 e. The quantitative estimate of drug-likeness (QED) is 0.0124. The fourth-order valence-electron chi connectivity index (χ4n) is 13.2. The molecule has 0 aliphatic rings. The highest BCUT2D eigenvalue weighted by Gasteiger charge is 2.25. The maximum absolute atomic E-state index is 12.5. The summed E-state index contributed by atoms with van der Waals surface area (Å²) in [5.41, 5.74) is 7.10. The van der Waals surface area contributed by atoms with Gasteiger partial charge in [-0.2, -0.15) is 93.5 Å². The number of nitrogens with zero attached hydrogens (tertiary/aromatic N) is 16. The first-order valence-electron chi connectivity index (χ1n) is 44.7. The van der Waals surface area contributed by atoms with Gasteiger partial charge in [0.1, 0.15) is 9.79 Å². The lowest BCUT2D eigenvalue weighted by Gasteiger charge is -2.21. The molecule has 748 valence electrons. The molecular formula is C94H122N26O16S4. The first kappa shape index (κ1) is 110. The van der Waals surface area contributed by atoms with Crippen LogP contribution in [-0.2, 0) is 57.2 Å². The number of hydrogen-bond acceptors (Lipinski definition) is 42. The third kappa shape index (κ3) is 34.4. The summed E-state index contributed by atoms with van der Waals surface area (Å²) in [5.74, 6) is 3.24. The minimum absolute atomic E-state index is 0.0119. The van der Waals surface area contributed by atoms with E-state index in [1.807, 2.05) is 128 Å². The zero-order valence-corrected chi connectivity index (χ0v) is 83.3. The van der Waals surface area contributed by atoms with Crippen LogP contribution in [0.25, 0.3) is 12.2 Å². The molecule has 42 nitrogen and oxygen atoms in total. The lowest BCUT2D eigenvalue weighted by atomic mass is 10.2. The van der Waals surface area contributed by atoms with Crippen LogP contribution in [0.4, 0.5) is 117 Å². The van der Waals surface area contributed by atoms with E-state index >= 15 is 0 Å². The van der Waals surface area contributed by atoms with Crippen LogP contribution in [0.5, 0.6) is 0 Å². The molecule has 0 aliphatic carbocycles. The van der Waals surface area contributed by atoms with Crippen LogP contribution in [-0.4, -0.2) is 257 Å². The average molecular weight is 2000 g/mol. The molecule has 12 aromatic rings. The Balaban J connectivity index is 0.000000209. The maximum atomic E-state index is 12.5. The van der Waals surface area contributed by atoms with Crippen molar-refractivity contribution >= 4 is 170 Å². The first-order valence-corrected chi connectivity index (χ1v) is 50.4. The average Bonchev–Trinajstić information content (AvgIpc) is 0.815. The highest BCUT2D eigenvalue weighted by atomic mass is 32.2. The number of para-hydroxylation sites is 4. The van der Waals surface area contributed by atoms with Gasteiger partial charge in [-0.3, -0.25) is 16.7 Å². The molecule has 0 amide bonds. The number of hydrogen-bond donors (Lipinski definition) is 14. The van der Waals surface area contributed by atoms with Crippen molar-refractivity contribution in [3.05, 3.63) is 229 Å². The predicted molar refractivity (Wildman–Crippen MR) is 547 cm³/mol. The zero-order valence-electron chi connectivity index (χ0n) is 80.0. The van der Waals surface area contributed by atoms with Crippen molar-refractivity contribution in [2.75, 3.05) is 196 Å². The van der Waals surface area contributed by atoms with Gasteiger partial charge in [-0.15, -0.1) is 0 Å². The lowest BCUT2D eigenvalue weighted by Crippen LogP contribution is -2.31. The van der Waals surface area contributed by atoms with Crippen molar-refractivity contribution in [1.29, 1.82) is 0 Å². The van der Waals surface area contributed by atoms with Crippen molar-refractivity contribution in [3.63, 3.8) is 0 Å². The van der Waals surface area contributed by atoms with Gasteiger partial charge < -0.3 is 93.2 Å². The summed E-state index contributed by atoms with van der Waals surface area (Å²) in [6.45, 7) is 23.1. The molecule has 0 saturated heterocycles. The molecule has 14 N–H and O–H groups in total. The van der Waals surface area contributed by atoms with Gasteiger partial charge in [-0.05, 0) is 199 Å². The van der Waals surface area contributed by atoms with Gasteiger partial charge in [0.25, 0.3) is 40.5 Å². The highest BCUT2D eigenvalue weighted by molar-refractivity contribution is 7.87. The fourth-order valence-corrected chi connectivity index (χ4v) is 16.8. The number of aromatic nitrogens is 12. The predicted octanol–water partition coefficient (Wildman–Crippen LogP) is 13.3. The monoisotopic (exact) mass is 2000 g/mol. The van der Waals surface area contributed by atoms with Crippen LogP contribution < -0.4 is 63.0 Å². The number of allylic oxidation sites excluding steroid dienone is 2. The number of aliphatic hydroxyl groups excluding tert-OH is 4. The van der Waals surface area contributed by atoms with E-state index in [1.165, 1.54) is 24.3 Å². The molecular weight excluding hydrogens is 1880 g/mol. The topological polar surface area (TPSA) is 542 Å². The Labute approximate surface area is 817 Å². The molecule has 12 rings (SSSR count). The molecule has 140 heavy (non-hydrogen) atoms. The van der Waals surface area contributed by atoms with Gasteiger partial charge in [0, 0.05) is 84.8 Å². The van der Waals surface area contributed by atoms with E-state index in [2.05, 4.69) is 159 Å². The van der Waals surface area contributed by atoms with E-state index in [1.54, 1.807) is 103 Å². The summed E-state index contributed by atoms with van der Waals surface area (Å²) < 4.78 is 118. The Morgan fingerprint density at radius 1 is 0.293 bits per heavy atom. The van der Waals surface area contributed by atoms with E-state index in [0.29, 0.717) is 81.9 Å². The third-order valence-corrected chi connectivity index (χ3v) is 25.9. The Hall–Kier alpha value is -13.7. The molecule has 46 heteroatoms. The molecule has 0 unspecified atom stereocenters. The van der Waals surface area contributed by atoms with Crippen LogP contribution in [0.15, 0.2) is 226 Å². The van der Waals surface area contributed by atoms with Crippen molar-refractivity contribution < 1.29 is 70.8 Å². The summed E-state index contributed by atoms with van der Waals surface area (Å²) in [5, 5.41) is 69.0. The number of aryl methyl sites for hydroxylation is 2. The standard InChI is InChI=1S/C26H35N7O3S.C24H33N7O3S.C23H28N6O5S.C21H26N6O5S/c1-5-12-20-15-16-22(19-23(20)37(34,35)36-4)29-26-31-24(27-17-11-18-33(6-2)7-3)30-25(32-26)28-21-13-9-8-10-14-21;1-5-31(6-2)16-10-15-25-22-28-23(26-19-11-8-7-9-12-19)30-24(29-22)27-20-14-13-18(3)21(17-20)35(32,33)34-4;1-3-7-17-10-11-19(16-20(17)35(32,33)34-2)25-22-26-21(24-18-8-5-4-6-9-18)27-23(28-22)29(12-14-30)13-15-31;1-15-8-9-17(14-18(15)33(30,31)32-2)23-20-24-19(22-16-6-4-3-5-7-16)25-21(26-20)27(10-12-28)11-13-29/h5,8-10,12-16,19H,6-7,11,17-18H2,1-4H3,(H3,27,28,29,30,31,32);7-9,11-14,17H,5-6,10,15-16H2,1-4H3,(H3,25,26,27,28,29,30);3-11,16,30-31H,12-15H2,1-2H3,(H2,24,25,26,27,28);3-9,14,28-29H,10-13H2,1-2H3,(H2,22,23,24,25,26). The van der Waals surface area contributed by atoms with Crippen molar-refractivity contribution in [1.82, 2.24) is 69.6 Å². The van der Waals surface area contributed by atoms with E-state index in [-0.39, 0.29) is 120 Å². The highest BCUT2D eigenvalue weighted by Crippen LogP contribution is 2.32. The number of anilines is 20. The molecule has 0 aliphatic heterocycles. The van der Waals surface area contributed by atoms with E-state index in [9.17, 15) is 54.1 Å². The molecule has 0 atom stereocenters. The minimum Gasteiger partial charge on any atom is -0.395 e. The molecule has 0 fully saturated rings. The van der Waals surface area contributed by atoms with Crippen molar-refractivity contribution in [2.24, 2.45) is 0 Å². The fraction of sp³-hybridized carbons (Fsp3) is 0.319. The first-order chi connectivity index (χ1) is 67.5. The summed E-state index contributed by atoms with van der Waals surface area (Å²) in [7, 11) is -11.2. The van der Waals surface area contributed by atoms with Gasteiger partial charge in [-0.1, -0.05) is 149 Å². The van der Waals surface area contributed by atoms with E-state index in [0.717, 1.165) is 103 Å². The normalized spacial score (nSPS) is 11.5. The van der Waals surface area contributed by atoms with Gasteiger partial charge in [0.15, 0.2) is 0 Å². The molecule has 0 spiro atoms. The second-order valence-corrected chi connectivity index (χ2v) is 36.8. The van der Waals surface area contributed by atoms with Gasteiger partial charge in [0.05, 0.1) is 64.7 Å². The van der Waals surface area contributed by atoms with Crippen LogP contribution in [0.3, 0.4) is 0 Å². The van der Waals surface area contributed by atoms with Gasteiger partial charge in [-0.25, -0.2) is 0 Å². The maximum Gasteiger partial charge on any atom is 0.297 e. The Kier molecular flexibility index (Phi) is 43.8. The number of nitrogens with one attached hydrogen (secondary N) is 10. The Morgan fingerprint density at radius 2 is 0.521 bits per heavy atom. The summed E-state index contributed by atoms with van der Waals surface area (Å²) >= 11 is 0. The van der Waals surface area contributed by atoms with E-state index in [4.69, 9.17) is 8.37 Å². The molecule has 0 bridgehead atoms. The van der Waals surface area contributed by atoms with Crippen LogP contribution in [0, 0.1) is 13.8 Å². The number of aliphatic hydroxyl groups is 4. The SMILES string of the molecule is CC=Cc1ccc(Nc2nc(NCCCN(CC)CC)nc(Nc3ccccc3)n2)cc1S(=O)(=O)OC.CC=Cc1ccc(Nc2nc(Nc3ccccc3)nc(N(CCO)CCO)n2)cc1S(=O)(=O)OC.CCN(CC)CCCNc1nc(Nc2ccccc2)nc(Nc2ccc(C)c(S(=O)(=O)OC)c2)n1.COS(=O)(=O)c1cc(Nc2nc(Nc3ccccc3)nc(N(CCO)CCO)n2)ccc1C. The zero-order chi connectivity index (χ0) is 101. The van der Waals surface area contributed by atoms with Crippen molar-refractivity contribution in [3.8, 4) is 0 Å². The van der Waals surface area contributed by atoms with E-state index < -0.39 is 40.5 Å². The molecule has 4 heterocycles. The smallest absolute Gasteiger partial charge is 0.297 e. The molecule has 0 saturated carbocycles. The van der Waals surface area contributed by atoms with Crippen LogP contribution >= 0.6 is 0 Å². The van der Waals surface area contributed by atoms with Crippen molar-refractivity contribution in [2.45, 2.75) is 87.8 Å². The minimum atomic E-state index is -3.97. The van der Waals surface area contributed by atoms with Crippen LogP contribution in [0.1, 0.15) is 76.6 Å². The van der Waals surface area contributed by atoms with Crippen LogP contribution in [0.2, 0.25) is 0 Å². The number of rotatable bonds is 50. The summed E-state index contributed by atoms with van der Waals surface area (Å²) in [6, 6.07) is 57.2. The Bertz CT molecular complexity index is 6450. The molecule has 0 radical (unpaired) electrons. The van der Waals surface area contributed by atoms with Gasteiger partial charge in [0.2, 0.25) is 71.4 Å².